The van der Waals surface area contributed by atoms with Crippen LogP contribution in [0.1, 0.15) is 36.1 Å². The van der Waals surface area contributed by atoms with Gasteiger partial charge in [-0.15, -0.1) is 0 Å². The van der Waals surface area contributed by atoms with E-state index in [4.69, 9.17) is 0 Å². The second-order valence-electron chi connectivity index (χ2n) is 12.1. The Hall–Kier alpha value is -5.60. The molecule has 2 heterocycles. The average molecular weight is 593 g/mol. The molecule has 0 amide bonds. The van der Waals surface area contributed by atoms with Crippen molar-refractivity contribution in [1.82, 2.24) is 9.13 Å². The summed E-state index contributed by atoms with van der Waals surface area (Å²) >= 11 is 0. The molecule has 0 aliphatic rings. The number of para-hydroxylation sites is 2. The predicted molar refractivity (Wildman–Crippen MR) is 198 cm³/mol. The molecule has 0 saturated heterocycles. The Balaban J connectivity index is 1.04. The summed E-state index contributed by atoms with van der Waals surface area (Å²) in [6.07, 6.45) is 0. The van der Waals surface area contributed by atoms with Crippen LogP contribution in [0.15, 0.2) is 147 Å². The van der Waals surface area contributed by atoms with Gasteiger partial charge in [0, 0.05) is 56.7 Å². The first kappa shape index (κ1) is 27.9. The minimum atomic E-state index is 0.946. The van der Waals surface area contributed by atoms with Crippen LogP contribution in [0.4, 0.5) is 0 Å². The minimum absolute atomic E-state index is 0.946. The Labute approximate surface area is 270 Å². The molecule has 2 heteroatoms. The number of aryl methyl sites for hydroxylation is 2. The van der Waals surface area contributed by atoms with Crippen LogP contribution < -0.4 is 0 Å². The first-order chi connectivity index (χ1) is 22.6. The van der Waals surface area contributed by atoms with Crippen LogP contribution >= 0.6 is 0 Å². The molecular formula is C44H36N2. The Kier molecular flexibility index (Phi) is 6.73. The molecule has 0 fully saturated rings. The number of hydrogen-bond acceptors (Lipinski definition) is 0. The molecule has 6 aromatic carbocycles. The van der Waals surface area contributed by atoms with E-state index in [9.17, 15) is 0 Å². The molecular weight excluding hydrogens is 556 g/mol. The second kappa shape index (κ2) is 11.1. The number of rotatable bonds is 7. The van der Waals surface area contributed by atoms with Gasteiger partial charge in [-0.2, -0.15) is 0 Å². The second-order valence-corrected chi connectivity index (χ2v) is 12.1. The normalized spacial score (nSPS) is 11.6. The van der Waals surface area contributed by atoms with E-state index in [0.717, 1.165) is 46.5 Å². The summed E-state index contributed by atoms with van der Waals surface area (Å²) in [5, 5.41) is 5.14. The molecule has 2 nitrogen and oxygen atoms in total. The first-order valence-corrected chi connectivity index (χ1v) is 16.2. The third-order valence-electron chi connectivity index (χ3n) is 9.67. The van der Waals surface area contributed by atoms with Crippen molar-refractivity contribution in [2.24, 2.45) is 0 Å². The van der Waals surface area contributed by atoms with Crippen molar-refractivity contribution in [1.29, 1.82) is 0 Å². The number of nitrogens with zero attached hydrogens (tertiary/aromatic N) is 2. The lowest BCUT2D eigenvalue weighted by molar-refractivity contribution is 0.827. The standard InChI is InChI=1S/C44H36N2/c1-5-45-41-13-9-7-11-37(41)39-27-35(23-25-43(39)45)29(3)31-15-19-33(20-16-31)34-21-17-32(18-22-34)30(4)36-24-26-44-40(28-36)38-12-8-10-14-42(38)46(44)6-2/h7-28H,3-6H2,1-2H3. The van der Waals surface area contributed by atoms with Gasteiger partial charge in [-0.05, 0) is 94.8 Å². The van der Waals surface area contributed by atoms with E-state index >= 15 is 0 Å². The van der Waals surface area contributed by atoms with Crippen LogP contribution in [0.25, 0.3) is 65.9 Å². The quantitative estimate of drug-likeness (QED) is 0.174. The molecule has 0 unspecified atom stereocenters. The highest BCUT2D eigenvalue weighted by molar-refractivity contribution is 6.10. The molecule has 0 aliphatic heterocycles. The topological polar surface area (TPSA) is 9.86 Å². The van der Waals surface area contributed by atoms with Gasteiger partial charge in [-0.1, -0.05) is 110 Å². The molecule has 0 bridgehead atoms. The van der Waals surface area contributed by atoms with E-state index in [2.05, 4.69) is 170 Å². The third-order valence-corrected chi connectivity index (χ3v) is 9.67. The van der Waals surface area contributed by atoms with E-state index < -0.39 is 0 Å². The molecule has 2 aromatic heterocycles. The zero-order chi connectivity index (χ0) is 31.4. The van der Waals surface area contributed by atoms with E-state index in [-0.39, 0.29) is 0 Å². The van der Waals surface area contributed by atoms with Gasteiger partial charge in [0.1, 0.15) is 0 Å². The molecule has 0 spiro atoms. The van der Waals surface area contributed by atoms with Crippen LogP contribution in [0.2, 0.25) is 0 Å². The minimum Gasteiger partial charge on any atom is -0.341 e. The lowest BCUT2D eigenvalue weighted by Crippen LogP contribution is -1.93. The summed E-state index contributed by atoms with van der Waals surface area (Å²) in [5.74, 6) is 0. The maximum atomic E-state index is 4.50. The average Bonchev–Trinajstić information content (AvgIpc) is 3.62. The SMILES string of the molecule is C=C(c1ccc(-c2ccc(C(=C)c3ccc4c(c3)c3ccccc3n4CC)cc2)cc1)c1ccc2c(c1)c1ccccc1n2CC. The summed E-state index contributed by atoms with van der Waals surface area (Å²) in [6, 6.07) is 48.4. The van der Waals surface area contributed by atoms with E-state index in [1.54, 1.807) is 0 Å². The Morgan fingerprint density at radius 3 is 1.15 bits per heavy atom. The van der Waals surface area contributed by atoms with Gasteiger partial charge >= 0.3 is 0 Å². The van der Waals surface area contributed by atoms with Gasteiger partial charge in [0.15, 0.2) is 0 Å². The zero-order valence-corrected chi connectivity index (χ0v) is 26.4. The summed E-state index contributed by atoms with van der Waals surface area (Å²) in [6.45, 7) is 15.3. The van der Waals surface area contributed by atoms with Crippen LogP contribution in [0, 0.1) is 0 Å². The largest absolute Gasteiger partial charge is 0.341 e. The molecule has 222 valence electrons. The van der Waals surface area contributed by atoms with Gasteiger partial charge in [0.05, 0.1) is 0 Å². The van der Waals surface area contributed by atoms with Gasteiger partial charge in [-0.25, -0.2) is 0 Å². The van der Waals surface area contributed by atoms with Crippen molar-refractivity contribution >= 4 is 54.8 Å². The fraction of sp³-hybridized carbons (Fsp3) is 0.0909. The molecule has 0 atom stereocenters. The van der Waals surface area contributed by atoms with Crippen molar-refractivity contribution in [3.63, 3.8) is 0 Å². The first-order valence-electron chi connectivity index (χ1n) is 16.2. The summed E-state index contributed by atoms with van der Waals surface area (Å²) in [7, 11) is 0. The summed E-state index contributed by atoms with van der Waals surface area (Å²) < 4.78 is 4.77. The molecule has 46 heavy (non-hydrogen) atoms. The highest BCUT2D eigenvalue weighted by Crippen LogP contribution is 2.35. The Morgan fingerprint density at radius 2 is 0.761 bits per heavy atom. The van der Waals surface area contributed by atoms with E-state index in [0.29, 0.717) is 0 Å². The van der Waals surface area contributed by atoms with Crippen LogP contribution in [0.3, 0.4) is 0 Å². The van der Waals surface area contributed by atoms with E-state index in [1.165, 1.54) is 54.7 Å². The molecule has 0 N–H and O–H groups in total. The van der Waals surface area contributed by atoms with Gasteiger partial charge in [0.25, 0.3) is 0 Å². The number of benzene rings is 6. The van der Waals surface area contributed by atoms with Crippen molar-refractivity contribution < 1.29 is 0 Å². The molecule has 0 radical (unpaired) electrons. The lowest BCUT2D eigenvalue weighted by atomic mass is 9.94. The maximum Gasteiger partial charge on any atom is 0.0491 e. The maximum absolute atomic E-state index is 4.50. The fourth-order valence-corrected chi connectivity index (χ4v) is 7.23. The highest BCUT2D eigenvalue weighted by Gasteiger charge is 2.13. The van der Waals surface area contributed by atoms with Crippen molar-refractivity contribution in [3.05, 3.63) is 169 Å². The van der Waals surface area contributed by atoms with Gasteiger partial charge in [-0.3, -0.25) is 0 Å². The van der Waals surface area contributed by atoms with E-state index in [1.807, 2.05) is 0 Å². The zero-order valence-electron chi connectivity index (χ0n) is 26.4. The molecule has 8 rings (SSSR count). The van der Waals surface area contributed by atoms with Crippen LogP contribution in [-0.4, -0.2) is 9.13 Å². The predicted octanol–water partition coefficient (Wildman–Crippen LogP) is 11.7. The van der Waals surface area contributed by atoms with Gasteiger partial charge < -0.3 is 9.13 Å². The molecule has 0 aliphatic carbocycles. The molecule has 0 saturated carbocycles. The lowest BCUT2D eigenvalue weighted by Gasteiger charge is -2.11. The third kappa shape index (κ3) is 4.41. The Morgan fingerprint density at radius 1 is 0.413 bits per heavy atom. The number of aromatic nitrogens is 2. The monoisotopic (exact) mass is 592 g/mol. The Bertz CT molecular complexity index is 2270. The van der Waals surface area contributed by atoms with Crippen molar-refractivity contribution in [2.45, 2.75) is 26.9 Å². The highest BCUT2D eigenvalue weighted by atomic mass is 15.0. The number of hydrogen-bond donors (Lipinski definition) is 0. The summed E-state index contributed by atoms with van der Waals surface area (Å²) in [4.78, 5) is 0. The molecule has 8 aromatic rings. The van der Waals surface area contributed by atoms with Crippen molar-refractivity contribution in [3.8, 4) is 11.1 Å². The van der Waals surface area contributed by atoms with Gasteiger partial charge in [0.2, 0.25) is 0 Å². The summed E-state index contributed by atoms with van der Waals surface area (Å²) in [5.41, 5.74) is 14.1. The fourth-order valence-electron chi connectivity index (χ4n) is 7.23. The van der Waals surface area contributed by atoms with Crippen molar-refractivity contribution in [2.75, 3.05) is 0 Å². The van der Waals surface area contributed by atoms with Crippen LogP contribution in [0.5, 0.6) is 0 Å². The smallest absolute Gasteiger partial charge is 0.0491 e. The number of fused-ring (bicyclic) bond motifs is 6. The van der Waals surface area contributed by atoms with Crippen LogP contribution in [-0.2, 0) is 13.1 Å².